The van der Waals surface area contributed by atoms with Gasteiger partial charge in [-0.3, -0.25) is 10.1 Å². The zero-order valence-electron chi connectivity index (χ0n) is 6.33. The quantitative estimate of drug-likeness (QED) is 0.518. The smallest absolute Gasteiger partial charge is 0.289 e. The maximum atomic E-state index is 10.5. The number of rotatable bonds is 2. The van der Waals surface area contributed by atoms with Crippen LogP contribution >= 0.6 is 34.2 Å². The molecule has 0 aromatic heterocycles. The molecule has 0 atom stereocenters. The third kappa shape index (κ3) is 2.29. The molecule has 0 saturated heterocycles. The van der Waals surface area contributed by atoms with Crippen molar-refractivity contribution in [3.8, 4) is 0 Å². The molecular formula is C7H5ClINO3. The van der Waals surface area contributed by atoms with Gasteiger partial charge in [-0.1, -0.05) is 11.6 Å². The SMILES string of the molecule is O=[N+]([O-])c1cc(I)cc(CO)c1Cl. The molecule has 6 heteroatoms. The Labute approximate surface area is 92.8 Å². The van der Waals surface area contributed by atoms with Crippen molar-refractivity contribution in [1.29, 1.82) is 0 Å². The fourth-order valence-electron chi connectivity index (χ4n) is 0.878. The van der Waals surface area contributed by atoms with Gasteiger partial charge in [0.2, 0.25) is 0 Å². The normalized spacial score (nSPS) is 10.1. The van der Waals surface area contributed by atoms with Crippen molar-refractivity contribution in [2.24, 2.45) is 0 Å². The second-order valence-corrected chi connectivity index (χ2v) is 3.94. The molecule has 0 unspecified atom stereocenters. The van der Waals surface area contributed by atoms with Gasteiger partial charge in [-0.25, -0.2) is 0 Å². The van der Waals surface area contributed by atoms with Crippen LogP contribution in [0.4, 0.5) is 5.69 Å². The zero-order valence-corrected chi connectivity index (χ0v) is 9.24. The van der Waals surface area contributed by atoms with E-state index in [2.05, 4.69) is 0 Å². The minimum Gasteiger partial charge on any atom is -0.392 e. The van der Waals surface area contributed by atoms with Crippen molar-refractivity contribution in [1.82, 2.24) is 0 Å². The van der Waals surface area contributed by atoms with E-state index in [1.807, 2.05) is 22.6 Å². The Morgan fingerprint density at radius 1 is 1.62 bits per heavy atom. The predicted molar refractivity (Wildman–Crippen MR) is 56.7 cm³/mol. The molecule has 0 saturated carbocycles. The molecule has 70 valence electrons. The first kappa shape index (κ1) is 10.7. The van der Waals surface area contributed by atoms with Crippen LogP contribution in [0.1, 0.15) is 5.56 Å². The van der Waals surface area contributed by atoms with Gasteiger partial charge in [-0.15, -0.1) is 0 Å². The summed E-state index contributed by atoms with van der Waals surface area (Å²) in [5, 5.41) is 19.3. The summed E-state index contributed by atoms with van der Waals surface area (Å²) in [6, 6.07) is 2.97. The highest BCUT2D eigenvalue weighted by Crippen LogP contribution is 2.30. The third-order valence-corrected chi connectivity index (χ3v) is 2.52. The highest BCUT2D eigenvalue weighted by Gasteiger charge is 2.16. The first-order chi connectivity index (χ1) is 6.06. The summed E-state index contributed by atoms with van der Waals surface area (Å²) >= 11 is 7.60. The fourth-order valence-corrected chi connectivity index (χ4v) is 1.79. The topological polar surface area (TPSA) is 63.4 Å². The number of aliphatic hydroxyl groups is 1. The van der Waals surface area contributed by atoms with Crippen LogP contribution in [0.2, 0.25) is 5.02 Å². The minimum atomic E-state index is -0.566. The Morgan fingerprint density at radius 2 is 2.23 bits per heavy atom. The Balaban J connectivity index is 3.35. The van der Waals surface area contributed by atoms with E-state index in [4.69, 9.17) is 16.7 Å². The third-order valence-electron chi connectivity index (χ3n) is 1.46. The summed E-state index contributed by atoms with van der Waals surface area (Å²) in [6.45, 7) is -0.295. The van der Waals surface area contributed by atoms with Gasteiger partial charge in [0.05, 0.1) is 11.5 Å². The second-order valence-electron chi connectivity index (χ2n) is 2.31. The molecular weight excluding hydrogens is 308 g/mol. The lowest BCUT2D eigenvalue weighted by atomic mass is 10.2. The van der Waals surface area contributed by atoms with Crippen LogP contribution in [0.25, 0.3) is 0 Å². The molecule has 1 rings (SSSR count). The highest BCUT2D eigenvalue weighted by atomic mass is 127. The molecule has 0 aliphatic rings. The van der Waals surface area contributed by atoms with E-state index in [-0.39, 0.29) is 17.3 Å². The van der Waals surface area contributed by atoms with Crippen LogP contribution in [-0.2, 0) is 6.61 Å². The van der Waals surface area contributed by atoms with Gasteiger partial charge in [-0.2, -0.15) is 0 Å². The van der Waals surface area contributed by atoms with Gasteiger partial charge in [0, 0.05) is 15.2 Å². The van der Waals surface area contributed by atoms with Gasteiger partial charge in [0.1, 0.15) is 5.02 Å². The number of benzene rings is 1. The molecule has 0 amide bonds. The lowest BCUT2D eigenvalue weighted by Gasteiger charge is -2.01. The van der Waals surface area contributed by atoms with Crippen molar-refractivity contribution < 1.29 is 10.0 Å². The average molecular weight is 313 g/mol. The lowest BCUT2D eigenvalue weighted by Crippen LogP contribution is -1.94. The van der Waals surface area contributed by atoms with Gasteiger partial charge in [0.15, 0.2) is 0 Å². The molecule has 0 aliphatic carbocycles. The van der Waals surface area contributed by atoms with E-state index in [0.29, 0.717) is 9.13 Å². The van der Waals surface area contributed by atoms with Crippen LogP contribution in [0, 0.1) is 13.7 Å². The van der Waals surface area contributed by atoms with Crippen LogP contribution in [0.15, 0.2) is 12.1 Å². The number of nitro benzene ring substituents is 1. The molecule has 0 spiro atoms. The van der Waals surface area contributed by atoms with Crippen molar-refractivity contribution >= 4 is 39.9 Å². The van der Waals surface area contributed by atoms with Crippen LogP contribution < -0.4 is 0 Å². The van der Waals surface area contributed by atoms with Crippen LogP contribution in [0.5, 0.6) is 0 Å². The first-order valence-electron chi connectivity index (χ1n) is 3.29. The molecule has 0 aliphatic heterocycles. The number of aliphatic hydroxyl groups excluding tert-OH is 1. The fraction of sp³-hybridized carbons (Fsp3) is 0.143. The monoisotopic (exact) mass is 313 g/mol. The van der Waals surface area contributed by atoms with Crippen LogP contribution in [0.3, 0.4) is 0 Å². The minimum absolute atomic E-state index is 0.00733. The Bertz CT molecular complexity index is 356. The predicted octanol–water partition coefficient (Wildman–Crippen LogP) is 2.35. The number of nitrogens with zero attached hydrogens (tertiary/aromatic N) is 1. The first-order valence-corrected chi connectivity index (χ1v) is 4.75. The summed E-state index contributed by atoms with van der Waals surface area (Å²) in [6.07, 6.45) is 0. The number of nitro groups is 1. The average Bonchev–Trinajstić information content (AvgIpc) is 2.08. The van der Waals surface area contributed by atoms with E-state index in [9.17, 15) is 10.1 Å². The number of halogens is 2. The molecule has 0 bridgehead atoms. The summed E-state index contributed by atoms with van der Waals surface area (Å²) in [5.41, 5.74) is 0.206. The van der Waals surface area contributed by atoms with Gasteiger partial charge >= 0.3 is 0 Å². The van der Waals surface area contributed by atoms with E-state index in [1.54, 1.807) is 6.07 Å². The van der Waals surface area contributed by atoms with Crippen molar-refractivity contribution in [2.75, 3.05) is 0 Å². The van der Waals surface area contributed by atoms with E-state index in [1.165, 1.54) is 6.07 Å². The molecule has 1 aromatic carbocycles. The van der Waals surface area contributed by atoms with Gasteiger partial charge < -0.3 is 5.11 Å². The van der Waals surface area contributed by atoms with Gasteiger partial charge in [-0.05, 0) is 28.7 Å². The van der Waals surface area contributed by atoms with Crippen molar-refractivity contribution in [3.63, 3.8) is 0 Å². The van der Waals surface area contributed by atoms with E-state index < -0.39 is 4.92 Å². The van der Waals surface area contributed by atoms with Crippen molar-refractivity contribution in [2.45, 2.75) is 6.61 Å². The molecule has 0 fully saturated rings. The molecule has 4 nitrogen and oxygen atoms in total. The Hall–Kier alpha value is -0.400. The van der Waals surface area contributed by atoms with Crippen LogP contribution in [-0.4, -0.2) is 10.0 Å². The number of hydrogen-bond acceptors (Lipinski definition) is 3. The maximum Gasteiger partial charge on any atom is 0.289 e. The molecule has 0 heterocycles. The number of hydrogen-bond donors (Lipinski definition) is 1. The largest absolute Gasteiger partial charge is 0.392 e. The van der Waals surface area contributed by atoms with Crippen molar-refractivity contribution in [3.05, 3.63) is 36.4 Å². The Kier molecular flexibility index (Phi) is 3.46. The summed E-state index contributed by atoms with van der Waals surface area (Å²) < 4.78 is 0.678. The lowest BCUT2D eigenvalue weighted by molar-refractivity contribution is -0.384. The highest BCUT2D eigenvalue weighted by molar-refractivity contribution is 14.1. The summed E-state index contributed by atoms with van der Waals surface area (Å²) in [7, 11) is 0. The molecule has 1 aromatic rings. The maximum absolute atomic E-state index is 10.5. The standard InChI is InChI=1S/C7H5ClINO3/c8-7-4(3-11)1-5(9)2-6(7)10(12)13/h1-2,11H,3H2. The summed E-state index contributed by atoms with van der Waals surface area (Å²) in [5.74, 6) is 0. The van der Waals surface area contributed by atoms with E-state index in [0.717, 1.165) is 0 Å². The summed E-state index contributed by atoms with van der Waals surface area (Å²) in [4.78, 5) is 9.91. The van der Waals surface area contributed by atoms with Gasteiger partial charge in [0.25, 0.3) is 5.69 Å². The second kappa shape index (κ2) is 4.21. The Morgan fingerprint density at radius 3 is 2.69 bits per heavy atom. The molecule has 13 heavy (non-hydrogen) atoms. The zero-order chi connectivity index (χ0) is 10.0. The van der Waals surface area contributed by atoms with E-state index >= 15 is 0 Å². The molecule has 0 radical (unpaired) electrons. The molecule has 1 N–H and O–H groups in total.